The van der Waals surface area contributed by atoms with Crippen molar-refractivity contribution in [1.29, 1.82) is 0 Å². The molecule has 246 valence electrons. The number of carbonyl (C=O) groups excluding carboxylic acids is 2. The average Bonchev–Trinajstić information content (AvgIpc) is 3.43. The fraction of sp³-hybridized carbons (Fsp3) is 0.630. The van der Waals surface area contributed by atoms with Crippen LogP contribution < -0.4 is 26.8 Å². The van der Waals surface area contributed by atoms with Gasteiger partial charge in [0.1, 0.15) is 35.9 Å². The van der Waals surface area contributed by atoms with E-state index in [4.69, 9.17) is 35.2 Å². The van der Waals surface area contributed by atoms with Gasteiger partial charge in [-0.05, 0) is 37.1 Å². The molecule has 1 fully saturated rings. The second-order valence-electron chi connectivity index (χ2n) is 9.15. The number of benzene rings is 1. The van der Waals surface area contributed by atoms with Crippen molar-refractivity contribution in [3.05, 3.63) is 29.8 Å². The summed E-state index contributed by atoms with van der Waals surface area (Å²) in [6, 6.07) is 6.75. The average molecular weight is 691 g/mol. The van der Waals surface area contributed by atoms with Gasteiger partial charge in [0, 0.05) is 31.2 Å². The van der Waals surface area contributed by atoms with Gasteiger partial charge in [0.2, 0.25) is 13.2 Å². The number of nitrogens with one attached hydrogen (secondary N) is 2. The summed E-state index contributed by atoms with van der Waals surface area (Å²) in [6.07, 6.45) is 3.88. The van der Waals surface area contributed by atoms with E-state index >= 15 is 0 Å². The third-order valence-corrected chi connectivity index (χ3v) is 9.72. The van der Waals surface area contributed by atoms with E-state index in [1.54, 1.807) is 56.6 Å². The number of nitrogens with two attached hydrogens (primary N) is 2. The summed E-state index contributed by atoms with van der Waals surface area (Å²) in [5.41, 5.74) is 11.3. The largest absolute Gasteiger partial charge is 0.490 e. The minimum atomic E-state index is -0.403. The lowest BCUT2D eigenvalue weighted by Crippen LogP contribution is -2.33. The lowest BCUT2D eigenvalue weighted by atomic mass is 9.71. The Labute approximate surface area is 276 Å². The Morgan fingerprint density at radius 3 is 2.70 bits per heavy atom. The van der Waals surface area contributed by atoms with Crippen LogP contribution in [0.1, 0.15) is 16.8 Å². The van der Waals surface area contributed by atoms with Gasteiger partial charge in [-0.1, -0.05) is 55.2 Å². The van der Waals surface area contributed by atoms with Gasteiger partial charge in [0.25, 0.3) is 5.91 Å². The van der Waals surface area contributed by atoms with Crippen molar-refractivity contribution in [3.8, 4) is 17.5 Å². The third kappa shape index (κ3) is 15.8. The van der Waals surface area contributed by atoms with Gasteiger partial charge in [-0.15, -0.1) is 0 Å². The second-order valence-corrected chi connectivity index (χ2v) is 14.4. The highest BCUT2D eigenvalue weighted by Gasteiger charge is 2.37. The molecular formula is C27H43BN4O8S4. The van der Waals surface area contributed by atoms with Crippen LogP contribution in [-0.2, 0) is 23.7 Å². The van der Waals surface area contributed by atoms with Crippen LogP contribution in [0, 0.1) is 11.7 Å². The highest BCUT2D eigenvalue weighted by Crippen LogP contribution is 2.30. The highest BCUT2D eigenvalue weighted by atomic mass is 33.1. The molecule has 1 saturated heterocycles. The first kappa shape index (κ1) is 38.9. The van der Waals surface area contributed by atoms with Crippen LogP contribution in [0.3, 0.4) is 0 Å². The Bertz CT molecular complexity index is 1040. The third-order valence-electron chi connectivity index (χ3n) is 5.89. The maximum absolute atomic E-state index is 12.1. The molecule has 0 aromatic heterocycles. The fourth-order valence-electron chi connectivity index (χ4n) is 3.89. The Morgan fingerprint density at radius 1 is 1.18 bits per heavy atom. The van der Waals surface area contributed by atoms with Gasteiger partial charge in [0.15, 0.2) is 0 Å². The van der Waals surface area contributed by atoms with Crippen LogP contribution in [-0.4, -0.2) is 125 Å². The van der Waals surface area contributed by atoms with E-state index in [9.17, 15) is 14.7 Å². The van der Waals surface area contributed by atoms with Gasteiger partial charge in [-0.25, -0.2) is 0 Å². The van der Waals surface area contributed by atoms with Crippen LogP contribution >= 0.6 is 43.2 Å². The molecule has 0 radical (unpaired) electrons. The molecular weight excluding hydrogens is 647 g/mol. The molecule has 2 rings (SSSR count). The summed E-state index contributed by atoms with van der Waals surface area (Å²) in [5, 5.41) is 15.1. The number of rotatable bonds is 22. The standard InChI is InChI=1S/C27H43BN4O8S4/c1-41-43-25(15-30)40-21-14-23(39-22(21)16-33)28-7-4-9-31-24(34)17-36-11-12-37-26(44-42-2)18-38-20-6-3-5-19(13-20)27(35)32-10-8-29/h3,5-6,13,21-23,25-26,28,33H,8-12,14-18,29-30H2,1-2H3,(H,31,34)(H,32,35)/t21-,22?,23-,25-,26?/m1/s1. The highest BCUT2D eigenvalue weighted by molar-refractivity contribution is 8.76. The monoisotopic (exact) mass is 690 g/mol. The summed E-state index contributed by atoms with van der Waals surface area (Å²) in [6.45, 7) is 1.87. The summed E-state index contributed by atoms with van der Waals surface area (Å²) in [4.78, 5) is 24.2. The molecule has 44 heavy (non-hydrogen) atoms. The van der Waals surface area contributed by atoms with Crippen molar-refractivity contribution in [2.24, 2.45) is 11.5 Å². The molecule has 0 saturated carbocycles. The van der Waals surface area contributed by atoms with Crippen molar-refractivity contribution in [1.82, 2.24) is 10.6 Å². The van der Waals surface area contributed by atoms with E-state index in [1.165, 1.54) is 10.8 Å². The van der Waals surface area contributed by atoms with Crippen LogP contribution in [0.5, 0.6) is 5.75 Å². The molecule has 5 atom stereocenters. The molecule has 17 heteroatoms. The predicted octanol–water partition coefficient (Wildman–Crippen LogP) is 0.427. The second kappa shape index (κ2) is 24.0. The van der Waals surface area contributed by atoms with E-state index in [-0.39, 0.29) is 74.4 Å². The minimum Gasteiger partial charge on any atom is -0.490 e. The van der Waals surface area contributed by atoms with E-state index in [2.05, 4.69) is 22.4 Å². The summed E-state index contributed by atoms with van der Waals surface area (Å²) in [5.74, 6) is 6.01. The van der Waals surface area contributed by atoms with E-state index in [1.807, 2.05) is 12.5 Å². The van der Waals surface area contributed by atoms with Crippen LogP contribution in [0.4, 0.5) is 0 Å². The van der Waals surface area contributed by atoms with Gasteiger partial charge in [0.05, 0.1) is 32.5 Å². The summed E-state index contributed by atoms with van der Waals surface area (Å²) in [7, 11) is 6.64. The number of carbonyl (C=O) groups is 2. The van der Waals surface area contributed by atoms with Crippen molar-refractivity contribution in [2.75, 3.05) is 71.7 Å². The summed E-state index contributed by atoms with van der Waals surface area (Å²) < 4.78 is 29.0. The fourth-order valence-corrected chi connectivity index (χ4v) is 6.86. The molecule has 2 amide bonds. The van der Waals surface area contributed by atoms with E-state index in [0.717, 1.165) is 0 Å². The van der Waals surface area contributed by atoms with E-state index in [0.29, 0.717) is 44.6 Å². The first-order valence-corrected chi connectivity index (χ1v) is 19.3. The minimum absolute atomic E-state index is 0.111. The van der Waals surface area contributed by atoms with Crippen molar-refractivity contribution < 1.29 is 38.4 Å². The maximum Gasteiger partial charge on any atom is 0.251 e. The molecule has 0 spiro atoms. The van der Waals surface area contributed by atoms with Crippen molar-refractivity contribution in [2.45, 2.75) is 35.5 Å². The Balaban J connectivity index is 1.61. The normalized spacial score (nSPS) is 19.0. The van der Waals surface area contributed by atoms with Crippen molar-refractivity contribution >= 4 is 62.3 Å². The number of hydrogen-bond acceptors (Lipinski definition) is 14. The van der Waals surface area contributed by atoms with Crippen molar-refractivity contribution in [3.63, 3.8) is 0 Å². The summed E-state index contributed by atoms with van der Waals surface area (Å²) >= 11 is 0. The molecule has 0 bridgehead atoms. The molecule has 1 aromatic carbocycles. The first-order chi connectivity index (χ1) is 21.4. The molecule has 1 heterocycles. The predicted molar refractivity (Wildman–Crippen MR) is 182 cm³/mol. The van der Waals surface area contributed by atoms with Gasteiger partial charge in [-0.2, -0.15) is 5.82 Å². The number of aliphatic hydroxyl groups is 1. The van der Waals surface area contributed by atoms with Gasteiger partial charge < -0.3 is 50.9 Å². The number of amides is 2. The maximum atomic E-state index is 12.1. The Kier molecular flexibility index (Phi) is 21.2. The zero-order valence-corrected chi connectivity index (χ0v) is 28.3. The molecule has 1 aliphatic heterocycles. The molecule has 7 N–H and O–H groups in total. The first-order valence-electron chi connectivity index (χ1n) is 14.1. The quantitative estimate of drug-likeness (QED) is 0.0372. The lowest BCUT2D eigenvalue weighted by Gasteiger charge is -2.22. The number of hydrogen-bond donors (Lipinski definition) is 5. The topological polar surface area (TPSA) is 177 Å². The van der Waals surface area contributed by atoms with Crippen LogP contribution in [0.2, 0.25) is 0 Å². The zero-order valence-electron chi connectivity index (χ0n) is 25.1. The number of ether oxygens (including phenoxy) is 5. The molecule has 0 aliphatic carbocycles. The van der Waals surface area contributed by atoms with Gasteiger partial charge in [-0.3, -0.25) is 9.59 Å². The Hall–Kier alpha value is -1.30. The van der Waals surface area contributed by atoms with E-state index < -0.39 is 6.10 Å². The smallest absolute Gasteiger partial charge is 0.251 e. The molecule has 1 aliphatic rings. The molecule has 2 unspecified atom stereocenters. The van der Waals surface area contributed by atoms with Gasteiger partial charge >= 0.3 is 0 Å². The zero-order chi connectivity index (χ0) is 32.0. The van der Waals surface area contributed by atoms with Crippen LogP contribution in [0.25, 0.3) is 0 Å². The molecule has 1 aromatic rings. The number of aliphatic hydroxyl groups excluding tert-OH is 1. The SMILES string of the molecule is CSSC(COc1cccc(C(=O)NCCN)c1)OCCOCC(=O)NCC#CB[C@H]1C[C@@H](O[C@@H](CN)SSC)C(CO)O1. The lowest BCUT2D eigenvalue weighted by molar-refractivity contribution is -0.126. The Morgan fingerprint density at radius 2 is 1.98 bits per heavy atom. The molecule has 12 nitrogen and oxygen atoms in total. The van der Waals surface area contributed by atoms with Crippen LogP contribution in [0.15, 0.2) is 24.3 Å².